The van der Waals surface area contributed by atoms with Gasteiger partial charge in [-0.3, -0.25) is 4.79 Å². The highest BCUT2D eigenvalue weighted by Crippen LogP contribution is 2.28. The Morgan fingerprint density at radius 1 is 1.41 bits per heavy atom. The molecule has 142 valence electrons. The molecule has 3 aromatic rings. The van der Waals surface area contributed by atoms with E-state index in [1.165, 1.54) is 6.07 Å². The van der Waals surface area contributed by atoms with Crippen LogP contribution in [0.3, 0.4) is 0 Å². The van der Waals surface area contributed by atoms with Crippen LogP contribution in [0.25, 0.3) is 10.2 Å². The van der Waals surface area contributed by atoms with Crippen molar-refractivity contribution in [1.29, 1.82) is 0 Å². The summed E-state index contributed by atoms with van der Waals surface area (Å²) in [4.78, 5) is 32.8. The van der Waals surface area contributed by atoms with Crippen LogP contribution in [0.1, 0.15) is 46.5 Å². The van der Waals surface area contributed by atoms with Crippen molar-refractivity contribution in [3.05, 3.63) is 62.3 Å². The van der Waals surface area contributed by atoms with Crippen molar-refractivity contribution in [1.82, 2.24) is 9.97 Å². The number of benzene rings is 1. The molecule has 1 aromatic carbocycles. The van der Waals surface area contributed by atoms with Gasteiger partial charge in [-0.05, 0) is 32.4 Å². The molecule has 3 rings (SSSR count). The number of hydrogen-bond donors (Lipinski definition) is 2. The van der Waals surface area contributed by atoms with Crippen LogP contribution < -0.4 is 10.9 Å². The number of aromatic amines is 1. The topological polar surface area (TPSA) is 88.7 Å². The van der Waals surface area contributed by atoms with E-state index in [9.17, 15) is 14.0 Å². The van der Waals surface area contributed by atoms with Gasteiger partial charge in [0.2, 0.25) is 0 Å². The predicted molar refractivity (Wildman–Crippen MR) is 101 cm³/mol. The SMILES string of the molecule is CCOC(=O)c1sc2nc([C@@H](C)[NH2+]Cc3ccccc3F)[nH]c(=O)c2c1C. The number of carbonyl (C=O) groups is 1. The number of nitrogens with zero attached hydrogens (tertiary/aromatic N) is 1. The Balaban J connectivity index is 1.88. The van der Waals surface area contributed by atoms with E-state index in [-0.39, 0.29) is 24.0 Å². The van der Waals surface area contributed by atoms with E-state index in [1.54, 1.807) is 32.0 Å². The number of nitrogens with one attached hydrogen (secondary N) is 1. The van der Waals surface area contributed by atoms with Crippen LogP contribution in [0.4, 0.5) is 4.39 Å². The lowest BCUT2D eigenvalue weighted by atomic mass is 10.2. The highest BCUT2D eigenvalue weighted by Gasteiger charge is 2.22. The summed E-state index contributed by atoms with van der Waals surface area (Å²) < 4.78 is 18.8. The van der Waals surface area contributed by atoms with Gasteiger partial charge >= 0.3 is 5.97 Å². The largest absolute Gasteiger partial charge is 0.462 e. The molecule has 1 atom stereocenters. The summed E-state index contributed by atoms with van der Waals surface area (Å²) in [5.74, 6) is -0.218. The van der Waals surface area contributed by atoms with E-state index >= 15 is 0 Å². The number of carbonyl (C=O) groups excluding carboxylic acids is 1. The number of thiophene rings is 1. The minimum atomic E-state index is -0.446. The quantitative estimate of drug-likeness (QED) is 0.633. The van der Waals surface area contributed by atoms with Crippen molar-refractivity contribution in [2.75, 3.05) is 6.61 Å². The smallest absolute Gasteiger partial charge is 0.348 e. The predicted octanol–water partition coefficient (Wildman–Crippen LogP) is 2.43. The molecule has 0 aliphatic carbocycles. The lowest BCUT2D eigenvalue weighted by molar-refractivity contribution is -0.709. The summed E-state index contributed by atoms with van der Waals surface area (Å²) in [6.45, 7) is 6.03. The number of quaternary nitrogens is 1. The van der Waals surface area contributed by atoms with Gasteiger partial charge in [0.25, 0.3) is 5.56 Å². The molecule has 0 spiro atoms. The highest BCUT2D eigenvalue weighted by atomic mass is 32.1. The molecule has 0 radical (unpaired) electrons. The third kappa shape index (κ3) is 3.91. The van der Waals surface area contributed by atoms with Gasteiger partial charge in [-0.1, -0.05) is 18.2 Å². The molecular formula is C19H21FN3O3S+. The Bertz CT molecular complexity index is 1040. The fourth-order valence-electron chi connectivity index (χ4n) is 2.85. The first-order chi connectivity index (χ1) is 12.9. The van der Waals surface area contributed by atoms with Gasteiger partial charge in [-0.25, -0.2) is 14.2 Å². The minimum Gasteiger partial charge on any atom is -0.462 e. The lowest BCUT2D eigenvalue weighted by Crippen LogP contribution is -2.83. The number of esters is 1. The van der Waals surface area contributed by atoms with Crippen LogP contribution in [0.5, 0.6) is 0 Å². The average Bonchev–Trinajstić information content (AvgIpc) is 2.98. The van der Waals surface area contributed by atoms with Crippen LogP contribution in [-0.2, 0) is 11.3 Å². The maximum Gasteiger partial charge on any atom is 0.348 e. The first kappa shape index (κ1) is 19.2. The van der Waals surface area contributed by atoms with E-state index in [0.29, 0.717) is 38.6 Å². The number of rotatable bonds is 6. The monoisotopic (exact) mass is 390 g/mol. The summed E-state index contributed by atoms with van der Waals surface area (Å²) in [5.41, 5.74) is 0.881. The molecule has 0 saturated heterocycles. The molecule has 3 N–H and O–H groups in total. The first-order valence-electron chi connectivity index (χ1n) is 8.69. The molecule has 2 aromatic heterocycles. The number of aromatic nitrogens is 2. The van der Waals surface area contributed by atoms with E-state index in [0.717, 1.165) is 11.3 Å². The van der Waals surface area contributed by atoms with Gasteiger partial charge in [-0.15, -0.1) is 11.3 Å². The summed E-state index contributed by atoms with van der Waals surface area (Å²) in [7, 11) is 0. The third-order valence-electron chi connectivity index (χ3n) is 4.36. The molecule has 8 heteroatoms. The van der Waals surface area contributed by atoms with E-state index in [1.807, 2.05) is 12.2 Å². The number of halogens is 1. The van der Waals surface area contributed by atoms with Crippen molar-refractivity contribution in [2.24, 2.45) is 0 Å². The zero-order valence-corrected chi connectivity index (χ0v) is 16.2. The summed E-state index contributed by atoms with van der Waals surface area (Å²) in [6.07, 6.45) is 0. The summed E-state index contributed by atoms with van der Waals surface area (Å²) >= 11 is 1.16. The zero-order valence-electron chi connectivity index (χ0n) is 15.3. The molecule has 0 aliphatic heterocycles. The van der Waals surface area contributed by atoms with Crippen molar-refractivity contribution >= 4 is 27.5 Å². The van der Waals surface area contributed by atoms with Gasteiger partial charge in [0, 0.05) is 5.56 Å². The van der Waals surface area contributed by atoms with Crippen LogP contribution in [0.15, 0.2) is 29.1 Å². The maximum atomic E-state index is 13.8. The van der Waals surface area contributed by atoms with E-state index in [4.69, 9.17) is 4.74 Å². The van der Waals surface area contributed by atoms with Gasteiger partial charge < -0.3 is 15.0 Å². The molecule has 6 nitrogen and oxygen atoms in total. The van der Waals surface area contributed by atoms with Gasteiger partial charge in [0.1, 0.15) is 28.1 Å². The molecule has 0 aliphatic rings. The average molecular weight is 390 g/mol. The second kappa shape index (κ2) is 7.98. The number of ether oxygens (including phenoxy) is 1. The second-order valence-electron chi connectivity index (χ2n) is 6.23. The second-order valence-corrected chi connectivity index (χ2v) is 7.23. The van der Waals surface area contributed by atoms with Crippen molar-refractivity contribution < 1.29 is 19.2 Å². The fraction of sp³-hybridized carbons (Fsp3) is 0.316. The Morgan fingerprint density at radius 3 is 2.85 bits per heavy atom. The molecule has 2 heterocycles. The van der Waals surface area contributed by atoms with Crippen LogP contribution in [-0.4, -0.2) is 22.5 Å². The Hall–Kier alpha value is -2.58. The fourth-order valence-corrected chi connectivity index (χ4v) is 3.93. The molecule has 0 bridgehead atoms. The molecule has 0 amide bonds. The standard InChI is InChI=1S/C19H20FN3O3S/c1-4-26-19(25)15-10(2)14-17(24)22-16(23-18(14)27-15)11(3)21-9-12-7-5-6-8-13(12)20/h5-8,11,21H,4,9H2,1-3H3,(H,22,23,24)/p+1/t11-/m1/s1. The number of aryl methyl sites for hydroxylation is 1. The minimum absolute atomic E-state index is 0.185. The molecule has 27 heavy (non-hydrogen) atoms. The van der Waals surface area contributed by atoms with Gasteiger partial charge in [-0.2, -0.15) is 0 Å². The Kier molecular flexibility index (Phi) is 5.67. The van der Waals surface area contributed by atoms with Crippen LogP contribution in [0.2, 0.25) is 0 Å². The molecule has 0 saturated carbocycles. The molecular weight excluding hydrogens is 369 g/mol. The normalized spacial score (nSPS) is 12.3. The third-order valence-corrected chi connectivity index (χ3v) is 5.53. The molecule has 0 unspecified atom stereocenters. The van der Waals surface area contributed by atoms with E-state index < -0.39 is 5.97 Å². The maximum absolute atomic E-state index is 13.8. The summed E-state index contributed by atoms with van der Waals surface area (Å²) in [6, 6.07) is 6.40. The van der Waals surface area contributed by atoms with Gasteiger partial charge in [0.05, 0.1) is 12.0 Å². The zero-order chi connectivity index (χ0) is 19.6. The van der Waals surface area contributed by atoms with E-state index in [2.05, 4.69) is 9.97 Å². The molecule has 0 fully saturated rings. The number of fused-ring (bicyclic) bond motifs is 1. The number of nitrogens with two attached hydrogens (primary N) is 1. The Morgan fingerprint density at radius 2 is 2.15 bits per heavy atom. The van der Waals surface area contributed by atoms with Crippen LogP contribution >= 0.6 is 11.3 Å². The number of H-pyrrole nitrogens is 1. The van der Waals surface area contributed by atoms with Crippen LogP contribution in [0, 0.1) is 12.7 Å². The first-order valence-corrected chi connectivity index (χ1v) is 9.51. The van der Waals surface area contributed by atoms with Crippen molar-refractivity contribution in [3.8, 4) is 0 Å². The van der Waals surface area contributed by atoms with Crippen molar-refractivity contribution in [3.63, 3.8) is 0 Å². The summed E-state index contributed by atoms with van der Waals surface area (Å²) in [5, 5.41) is 2.31. The van der Waals surface area contributed by atoms with Crippen molar-refractivity contribution in [2.45, 2.75) is 33.4 Å². The highest BCUT2D eigenvalue weighted by molar-refractivity contribution is 7.20. The Labute approximate surface area is 159 Å². The lowest BCUT2D eigenvalue weighted by Gasteiger charge is -2.10. The van der Waals surface area contributed by atoms with Gasteiger partial charge in [0.15, 0.2) is 5.82 Å². The number of hydrogen-bond acceptors (Lipinski definition) is 5.